The summed E-state index contributed by atoms with van der Waals surface area (Å²) in [5.74, 6) is -0.956. The van der Waals surface area contributed by atoms with Gasteiger partial charge in [-0.2, -0.15) is 0 Å². The van der Waals surface area contributed by atoms with Crippen LogP contribution in [0.5, 0.6) is 0 Å². The summed E-state index contributed by atoms with van der Waals surface area (Å²) in [6.07, 6.45) is 0.146. The zero-order chi connectivity index (χ0) is 23.4. The lowest BCUT2D eigenvalue weighted by Gasteiger charge is -2.19. The number of benzene rings is 3. The van der Waals surface area contributed by atoms with Crippen molar-refractivity contribution in [1.29, 1.82) is 0 Å². The van der Waals surface area contributed by atoms with Crippen molar-refractivity contribution >= 4 is 29.1 Å². The fourth-order valence-corrected chi connectivity index (χ4v) is 4.03. The molecular weight excluding hydrogens is 414 g/mol. The Balaban J connectivity index is 1.42. The zero-order valence-corrected chi connectivity index (χ0v) is 18.7. The van der Waals surface area contributed by atoms with E-state index in [-0.39, 0.29) is 36.7 Å². The van der Waals surface area contributed by atoms with E-state index in [0.29, 0.717) is 16.9 Å². The Morgan fingerprint density at radius 3 is 2.48 bits per heavy atom. The summed E-state index contributed by atoms with van der Waals surface area (Å²) >= 11 is 0. The second-order valence-electron chi connectivity index (χ2n) is 8.42. The molecule has 6 nitrogen and oxygen atoms in total. The molecule has 0 bridgehead atoms. The molecule has 1 heterocycles. The minimum absolute atomic E-state index is 0.126. The van der Waals surface area contributed by atoms with Gasteiger partial charge in [-0.3, -0.25) is 14.4 Å². The molecule has 0 aliphatic carbocycles. The Bertz CT molecular complexity index is 1180. The van der Waals surface area contributed by atoms with E-state index in [4.69, 9.17) is 0 Å². The van der Waals surface area contributed by atoms with Crippen molar-refractivity contribution in [1.82, 2.24) is 5.32 Å². The van der Waals surface area contributed by atoms with Crippen molar-refractivity contribution in [3.63, 3.8) is 0 Å². The lowest BCUT2D eigenvalue weighted by Crippen LogP contribution is -2.34. The first kappa shape index (κ1) is 22.3. The van der Waals surface area contributed by atoms with E-state index in [1.54, 1.807) is 29.2 Å². The lowest BCUT2D eigenvalue weighted by molar-refractivity contribution is -0.126. The monoisotopic (exact) mass is 441 g/mol. The average molecular weight is 442 g/mol. The number of hydrogen-bond acceptors (Lipinski definition) is 3. The summed E-state index contributed by atoms with van der Waals surface area (Å²) < 4.78 is 0. The van der Waals surface area contributed by atoms with Gasteiger partial charge in [-0.15, -0.1) is 0 Å². The summed E-state index contributed by atoms with van der Waals surface area (Å²) in [6, 6.07) is 24.1. The molecule has 2 atom stereocenters. The molecule has 4 rings (SSSR count). The van der Waals surface area contributed by atoms with Gasteiger partial charge in [0.1, 0.15) is 0 Å². The molecule has 0 unspecified atom stereocenters. The fourth-order valence-electron chi connectivity index (χ4n) is 4.03. The molecule has 1 aliphatic heterocycles. The van der Waals surface area contributed by atoms with Crippen molar-refractivity contribution in [3.8, 4) is 0 Å². The molecule has 0 saturated carbocycles. The van der Waals surface area contributed by atoms with Crippen LogP contribution in [0.3, 0.4) is 0 Å². The molecule has 33 heavy (non-hydrogen) atoms. The topological polar surface area (TPSA) is 78.5 Å². The van der Waals surface area contributed by atoms with Crippen molar-refractivity contribution in [2.24, 2.45) is 5.92 Å². The normalized spacial score (nSPS) is 16.4. The van der Waals surface area contributed by atoms with Crippen LogP contribution in [-0.2, 0) is 9.59 Å². The minimum Gasteiger partial charge on any atom is -0.349 e. The Kier molecular flexibility index (Phi) is 6.54. The van der Waals surface area contributed by atoms with Crippen LogP contribution in [0.4, 0.5) is 11.4 Å². The quantitative estimate of drug-likeness (QED) is 0.592. The van der Waals surface area contributed by atoms with Crippen LogP contribution in [0.1, 0.15) is 40.9 Å². The lowest BCUT2D eigenvalue weighted by atomic mass is 10.1. The van der Waals surface area contributed by atoms with E-state index >= 15 is 0 Å². The van der Waals surface area contributed by atoms with Crippen molar-refractivity contribution in [2.45, 2.75) is 26.3 Å². The molecule has 1 fully saturated rings. The highest BCUT2D eigenvalue weighted by molar-refractivity contribution is 6.06. The first-order valence-electron chi connectivity index (χ1n) is 11.0. The predicted molar refractivity (Wildman–Crippen MR) is 129 cm³/mol. The van der Waals surface area contributed by atoms with Gasteiger partial charge >= 0.3 is 0 Å². The zero-order valence-electron chi connectivity index (χ0n) is 18.7. The third-order valence-electron chi connectivity index (χ3n) is 5.85. The highest BCUT2D eigenvalue weighted by Gasteiger charge is 2.35. The predicted octanol–water partition coefficient (Wildman–Crippen LogP) is 4.48. The highest BCUT2D eigenvalue weighted by atomic mass is 16.2. The van der Waals surface area contributed by atoms with Crippen molar-refractivity contribution in [3.05, 3.63) is 95.6 Å². The molecule has 1 aliphatic rings. The van der Waals surface area contributed by atoms with Gasteiger partial charge in [-0.25, -0.2) is 0 Å². The molecule has 3 aromatic carbocycles. The molecule has 6 heteroatoms. The second kappa shape index (κ2) is 9.69. The third kappa shape index (κ3) is 5.29. The van der Waals surface area contributed by atoms with Gasteiger partial charge in [-0.05, 0) is 55.3 Å². The third-order valence-corrected chi connectivity index (χ3v) is 5.85. The molecule has 0 radical (unpaired) electrons. The number of nitrogens with one attached hydrogen (secondary N) is 2. The minimum atomic E-state index is -0.437. The molecule has 2 N–H and O–H groups in total. The van der Waals surface area contributed by atoms with Crippen LogP contribution < -0.4 is 15.5 Å². The van der Waals surface area contributed by atoms with Gasteiger partial charge in [0.15, 0.2) is 0 Å². The second-order valence-corrected chi connectivity index (χ2v) is 8.42. The largest absolute Gasteiger partial charge is 0.349 e. The first-order chi connectivity index (χ1) is 15.9. The van der Waals surface area contributed by atoms with E-state index in [9.17, 15) is 14.4 Å². The summed E-state index contributed by atoms with van der Waals surface area (Å²) in [7, 11) is 0. The number of nitrogens with zero attached hydrogens (tertiary/aromatic N) is 1. The molecule has 0 aromatic heterocycles. The number of carbonyl (C=O) groups is 3. The maximum Gasteiger partial charge on any atom is 0.255 e. The van der Waals surface area contributed by atoms with Gasteiger partial charge in [-0.1, -0.05) is 48.5 Å². The Hall–Kier alpha value is -3.93. The molecule has 168 valence electrons. The smallest absolute Gasteiger partial charge is 0.255 e. The molecule has 1 saturated heterocycles. The molecule has 0 spiro atoms. The number of anilines is 2. The fraction of sp³-hybridized carbons (Fsp3) is 0.222. The van der Waals surface area contributed by atoms with E-state index in [2.05, 4.69) is 10.6 Å². The maximum atomic E-state index is 12.8. The summed E-state index contributed by atoms with van der Waals surface area (Å²) in [4.78, 5) is 39.8. The van der Waals surface area contributed by atoms with E-state index in [1.165, 1.54) is 0 Å². The summed E-state index contributed by atoms with van der Waals surface area (Å²) in [6.45, 7) is 4.18. The van der Waals surface area contributed by atoms with Crippen LogP contribution in [0.2, 0.25) is 0 Å². The first-order valence-corrected chi connectivity index (χ1v) is 11.0. The van der Waals surface area contributed by atoms with E-state index < -0.39 is 5.92 Å². The summed E-state index contributed by atoms with van der Waals surface area (Å²) in [5, 5.41) is 5.90. The molecular formula is C27H27N3O3. The van der Waals surface area contributed by atoms with Crippen LogP contribution >= 0.6 is 0 Å². The Labute approximate surface area is 193 Å². The summed E-state index contributed by atoms with van der Waals surface area (Å²) in [5.41, 5.74) is 3.84. The SMILES string of the molecule is Cc1cccc(NC(=O)c2cccc(N3C[C@H](C(=O)N[C@@H](C)c4ccccc4)CC3=O)c2)c1. The van der Waals surface area contributed by atoms with Crippen molar-refractivity contribution < 1.29 is 14.4 Å². The van der Waals surface area contributed by atoms with Gasteiger partial charge in [0.2, 0.25) is 11.8 Å². The Morgan fingerprint density at radius 2 is 1.73 bits per heavy atom. The number of carbonyl (C=O) groups excluding carboxylic acids is 3. The van der Waals surface area contributed by atoms with Crippen LogP contribution in [0.15, 0.2) is 78.9 Å². The van der Waals surface area contributed by atoms with Crippen LogP contribution in [0.25, 0.3) is 0 Å². The van der Waals surface area contributed by atoms with E-state index in [0.717, 1.165) is 11.1 Å². The van der Waals surface area contributed by atoms with E-state index in [1.807, 2.05) is 68.4 Å². The number of aryl methyl sites for hydroxylation is 1. The maximum absolute atomic E-state index is 12.8. The highest BCUT2D eigenvalue weighted by Crippen LogP contribution is 2.27. The van der Waals surface area contributed by atoms with Crippen LogP contribution in [-0.4, -0.2) is 24.3 Å². The number of rotatable bonds is 6. The van der Waals surface area contributed by atoms with Crippen LogP contribution in [0, 0.1) is 12.8 Å². The van der Waals surface area contributed by atoms with Gasteiger partial charge in [0.25, 0.3) is 5.91 Å². The molecule has 3 aromatic rings. The standard InChI is InChI=1S/C27H27N3O3/c1-18-8-6-12-23(14-18)29-26(32)21-11-7-13-24(15-21)30-17-22(16-25(30)31)27(33)28-19(2)20-9-4-3-5-10-20/h3-15,19,22H,16-17H2,1-2H3,(H,28,33)(H,29,32)/t19-,22+/m0/s1. The van der Waals surface area contributed by atoms with Gasteiger partial charge in [0.05, 0.1) is 12.0 Å². The van der Waals surface area contributed by atoms with Gasteiger partial charge < -0.3 is 15.5 Å². The average Bonchev–Trinajstić information content (AvgIpc) is 3.21. The Morgan fingerprint density at radius 1 is 0.970 bits per heavy atom. The van der Waals surface area contributed by atoms with Crippen molar-refractivity contribution in [2.75, 3.05) is 16.8 Å². The molecule has 3 amide bonds. The van der Waals surface area contributed by atoms with Gasteiger partial charge in [0, 0.05) is 29.9 Å². The number of amides is 3. The number of hydrogen-bond donors (Lipinski definition) is 2.